The summed E-state index contributed by atoms with van der Waals surface area (Å²) in [5.41, 5.74) is -2.74. The van der Waals surface area contributed by atoms with Crippen LogP contribution in [0.1, 0.15) is 96.8 Å². The molecule has 220 valence electrons. The first-order chi connectivity index (χ1) is 18.0. The number of aliphatic hydroxyl groups is 3. The van der Waals surface area contributed by atoms with Crippen molar-refractivity contribution in [2.75, 3.05) is 13.2 Å². The van der Waals surface area contributed by atoms with Gasteiger partial charge in [-0.3, -0.25) is 14.4 Å². The standard InChI is InChI=1S/C21H38O4.C6H8O7/c1-2-3-4-5-6-7-8-9-10-11-12-13-14-15-16-17-21(24)25-19-20(23)18-22;7-3(8)1-6(13,5(11)12)2-4(9)10/h6-7,9-10,20,22-23H,2-5,8,11-19H2,1H3;13H,1-2H2,(H,7,8)(H,9,10)(H,11,12)/b7-6-,10-9-;. The van der Waals surface area contributed by atoms with E-state index in [-0.39, 0.29) is 19.2 Å². The van der Waals surface area contributed by atoms with E-state index in [9.17, 15) is 19.2 Å². The van der Waals surface area contributed by atoms with Crippen LogP contribution in [-0.4, -0.2) is 79.4 Å². The summed E-state index contributed by atoms with van der Waals surface area (Å²) in [6.07, 6.45) is 18.9. The smallest absolute Gasteiger partial charge is 0.336 e. The second kappa shape index (κ2) is 24.6. The minimum Gasteiger partial charge on any atom is -0.481 e. The van der Waals surface area contributed by atoms with Gasteiger partial charge in [-0.2, -0.15) is 0 Å². The molecule has 0 aliphatic carbocycles. The maximum Gasteiger partial charge on any atom is 0.336 e. The summed E-state index contributed by atoms with van der Waals surface area (Å²) in [5.74, 6) is -5.31. The van der Waals surface area contributed by atoms with Crippen LogP contribution in [0.4, 0.5) is 0 Å². The molecule has 38 heavy (non-hydrogen) atoms. The number of carbonyl (C=O) groups is 4. The van der Waals surface area contributed by atoms with Crippen molar-refractivity contribution in [2.45, 2.75) is 109 Å². The zero-order valence-electron chi connectivity index (χ0n) is 22.4. The fourth-order valence-corrected chi connectivity index (χ4v) is 3.11. The van der Waals surface area contributed by atoms with Crippen LogP contribution in [0.25, 0.3) is 0 Å². The Kier molecular flexibility index (Phi) is 24.2. The van der Waals surface area contributed by atoms with Crippen molar-refractivity contribution in [3.05, 3.63) is 24.3 Å². The van der Waals surface area contributed by atoms with Crippen molar-refractivity contribution in [3.8, 4) is 0 Å². The maximum atomic E-state index is 11.4. The van der Waals surface area contributed by atoms with Crippen LogP contribution in [0.3, 0.4) is 0 Å². The highest BCUT2D eigenvalue weighted by molar-refractivity contribution is 5.88. The Balaban J connectivity index is 0. The third-order valence-electron chi connectivity index (χ3n) is 5.26. The predicted octanol–water partition coefficient (Wildman–Crippen LogP) is 3.45. The first-order valence-electron chi connectivity index (χ1n) is 13.1. The molecular formula is C27H46O11. The number of hydrogen-bond acceptors (Lipinski definition) is 8. The molecule has 0 aromatic heterocycles. The fraction of sp³-hybridized carbons (Fsp3) is 0.704. The molecule has 0 saturated carbocycles. The zero-order valence-corrected chi connectivity index (χ0v) is 22.4. The minimum absolute atomic E-state index is 0.115. The summed E-state index contributed by atoms with van der Waals surface area (Å²) in [5, 5.41) is 51.5. The average molecular weight is 547 g/mol. The second-order valence-electron chi connectivity index (χ2n) is 8.98. The molecule has 1 unspecified atom stereocenters. The molecule has 1 atom stereocenters. The number of rotatable bonds is 22. The molecule has 0 fully saturated rings. The molecule has 11 nitrogen and oxygen atoms in total. The van der Waals surface area contributed by atoms with Gasteiger partial charge in [0.15, 0.2) is 5.60 Å². The molecule has 0 aliphatic heterocycles. The molecule has 0 radical (unpaired) electrons. The third-order valence-corrected chi connectivity index (χ3v) is 5.26. The van der Waals surface area contributed by atoms with Gasteiger partial charge >= 0.3 is 23.9 Å². The predicted molar refractivity (Wildman–Crippen MR) is 141 cm³/mol. The number of unbranched alkanes of at least 4 members (excludes halogenated alkanes) is 8. The molecule has 0 saturated heterocycles. The van der Waals surface area contributed by atoms with Crippen molar-refractivity contribution in [1.29, 1.82) is 0 Å². The van der Waals surface area contributed by atoms with Crippen molar-refractivity contribution < 1.29 is 54.6 Å². The Morgan fingerprint density at radius 3 is 1.76 bits per heavy atom. The van der Waals surface area contributed by atoms with E-state index in [1.807, 2.05) is 0 Å². The largest absolute Gasteiger partial charge is 0.481 e. The van der Waals surface area contributed by atoms with Crippen LogP contribution in [0, 0.1) is 0 Å². The zero-order chi connectivity index (χ0) is 29.2. The van der Waals surface area contributed by atoms with Gasteiger partial charge < -0.3 is 35.4 Å². The number of hydrogen-bond donors (Lipinski definition) is 6. The number of carboxylic acid groups (broad SMARTS) is 3. The lowest BCUT2D eigenvalue weighted by molar-refractivity contribution is -0.170. The third kappa shape index (κ3) is 24.9. The molecule has 6 N–H and O–H groups in total. The van der Waals surface area contributed by atoms with Crippen LogP contribution < -0.4 is 0 Å². The number of ether oxygens (including phenoxy) is 1. The lowest BCUT2D eigenvalue weighted by atomic mass is 9.96. The van der Waals surface area contributed by atoms with Gasteiger partial charge in [0.1, 0.15) is 12.7 Å². The van der Waals surface area contributed by atoms with Crippen LogP contribution in [0.2, 0.25) is 0 Å². The summed E-state index contributed by atoms with van der Waals surface area (Å²) in [4.78, 5) is 41.9. The van der Waals surface area contributed by atoms with Crippen LogP contribution in [-0.2, 0) is 23.9 Å². The molecule has 0 heterocycles. The highest BCUT2D eigenvalue weighted by Crippen LogP contribution is 2.15. The molecule has 0 bridgehead atoms. The van der Waals surface area contributed by atoms with Gasteiger partial charge in [0.05, 0.1) is 19.4 Å². The highest BCUT2D eigenvalue weighted by Gasteiger charge is 2.40. The van der Waals surface area contributed by atoms with E-state index in [2.05, 4.69) is 31.2 Å². The SMILES string of the molecule is CCCCC/C=C\C/C=C\CCCCCCCC(=O)OCC(O)CO.O=C(O)CC(O)(CC(=O)O)C(=O)O. The first kappa shape index (κ1) is 37.4. The maximum absolute atomic E-state index is 11.4. The second-order valence-corrected chi connectivity index (χ2v) is 8.98. The number of esters is 1. The number of carboxylic acids is 3. The number of allylic oxidation sites excluding steroid dienone is 4. The topological polar surface area (TPSA) is 199 Å². The minimum atomic E-state index is -2.74. The summed E-state index contributed by atoms with van der Waals surface area (Å²) in [6.45, 7) is 1.74. The van der Waals surface area contributed by atoms with E-state index in [1.165, 1.54) is 38.5 Å². The molecule has 0 rings (SSSR count). The molecule has 0 aromatic carbocycles. The average Bonchev–Trinajstić information content (AvgIpc) is 2.84. The monoisotopic (exact) mass is 546 g/mol. The van der Waals surface area contributed by atoms with Gasteiger partial charge in [0, 0.05) is 6.42 Å². The van der Waals surface area contributed by atoms with Crippen molar-refractivity contribution in [1.82, 2.24) is 0 Å². The highest BCUT2D eigenvalue weighted by atomic mass is 16.5. The normalized spacial score (nSPS) is 12.2. The van der Waals surface area contributed by atoms with Gasteiger partial charge in [-0.05, 0) is 38.5 Å². The number of aliphatic carboxylic acids is 3. The molecule has 0 amide bonds. The Labute approximate surface area is 224 Å². The summed E-state index contributed by atoms with van der Waals surface area (Å²) in [6, 6.07) is 0. The molecular weight excluding hydrogens is 500 g/mol. The lowest BCUT2D eigenvalue weighted by Crippen LogP contribution is -2.42. The van der Waals surface area contributed by atoms with Crippen molar-refractivity contribution in [2.24, 2.45) is 0 Å². The van der Waals surface area contributed by atoms with E-state index in [4.69, 9.17) is 35.4 Å². The van der Waals surface area contributed by atoms with E-state index in [1.54, 1.807) is 0 Å². The number of aliphatic hydroxyl groups excluding tert-OH is 2. The number of carbonyl (C=O) groups excluding carboxylic acids is 1. The van der Waals surface area contributed by atoms with Crippen LogP contribution >= 0.6 is 0 Å². The van der Waals surface area contributed by atoms with Crippen molar-refractivity contribution >= 4 is 23.9 Å². The van der Waals surface area contributed by atoms with Crippen LogP contribution in [0.15, 0.2) is 24.3 Å². The Bertz CT molecular complexity index is 700. The van der Waals surface area contributed by atoms with Crippen LogP contribution in [0.5, 0.6) is 0 Å². The van der Waals surface area contributed by atoms with E-state index in [0.717, 1.165) is 32.1 Å². The first-order valence-corrected chi connectivity index (χ1v) is 13.1. The molecule has 0 aliphatic rings. The van der Waals surface area contributed by atoms with Gasteiger partial charge in [-0.1, -0.05) is 63.3 Å². The van der Waals surface area contributed by atoms with E-state index in [0.29, 0.717) is 6.42 Å². The van der Waals surface area contributed by atoms with E-state index < -0.39 is 42.5 Å². The van der Waals surface area contributed by atoms with Crippen molar-refractivity contribution in [3.63, 3.8) is 0 Å². The van der Waals surface area contributed by atoms with E-state index >= 15 is 0 Å². The van der Waals surface area contributed by atoms with Gasteiger partial charge in [-0.15, -0.1) is 0 Å². The Morgan fingerprint density at radius 1 is 0.789 bits per heavy atom. The molecule has 11 heteroatoms. The fourth-order valence-electron chi connectivity index (χ4n) is 3.11. The van der Waals surface area contributed by atoms with Gasteiger partial charge in [0.2, 0.25) is 0 Å². The van der Waals surface area contributed by atoms with Gasteiger partial charge in [-0.25, -0.2) is 4.79 Å². The Hall–Kier alpha value is -2.76. The summed E-state index contributed by atoms with van der Waals surface area (Å²) >= 11 is 0. The summed E-state index contributed by atoms with van der Waals surface area (Å²) < 4.78 is 4.85. The quantitative estimate of drug-likeness (QED) is 0.0660. The van der Waals surface area contributed by atoms with Gasteiger partial charge in [0.25, 0.3) is 0 Å². The lowest BCUT2D eigenvalue weighted by Gasteiger charge is -2.18. The molecule has 0 aromatic rings. The molecule has 0 spiro atoms. The summed E-state index contributed by atoms with van der Waals surface area (Å²) in [7, 11) is 0. The Morgan fingerprint density at radius 2 is 1.29 bits per heavy atom.